The first-order valence-electron chi connectivity index (χ1n) is 13.0. The summed E-state index contributed by atoms with van der Waals surface area (Å²) < 4.78 is 6.32. The number of aliphatic carboxylic acids is 2. The van der Waals surface area contributed by atoms with E-state index in [9.17, 15) is 4.79 Å². The quantitative estimate of drug-likeness (QED) is 0.463. The van der Waals surface area contributed by atoms with Crippen molar-refractivity contribution in [3.05, 3.63) is 64.1 Å². The molecule has 8 heteroatoms. The van der Waals surface area contributed by atoms with Crippen LogP contribution in [0.5, 0.6) is 5.75 Å². The first-order chi connectivity index (χ1) is 17.4. The van der Waals surface area contributed by atoms with Crippen molar-refractivity contribution in [3.8, 4) is 5.75 Å². The molecule has 0 unspecified atom stereocenters. The molecular formula is C28H38N2O6. The molecule has 1 aromatic carbocycles. The molecule has 36 heavy (non-hydrogen) atoms. The maximum Gasteiger partial charge on any atom is 0.414 e. The Morgan fingerprint density at radius 3 is 2.22 bits per heavy atom. The zero-order valence-corrected chi connectivity index (χ0v) is 20.9. The number of ether oxygens (including phenoxy) is 1. The van der Waals surface area contributed by atoms with Crippen LogP contribution in [-0.4, -0.2) is 51.7 Å². The van der Waals surface area contributed by atoms with Crippen molar-refractivity contribution < 1.29 is 24.5 Å². The molecule has 2 aliphatic rings. The molecule has 4 rings (SSSR count). The lowest BCUT2D eigenvalue weighted by molar-refractivity contribution is -0.159. The number of carboxylic acid groups (broad SMARTS) is 2. The Morgan fingerprint density at radius 2 is 1.56 bits per heavy atom. The number of aromatic nitrogens is 1. The van der Waals surface area contributed by atoms with Gasteiger partial charge in [0.15, 0.2) is 0 Å². The normalized spacial score (nSPS) is 17.1. The third-order valence-corrected chi connectivity index (χ3v) is 7.18. The number of aromatic amines is 1. The third-order valence-electron chi connectivity index (χ3n) is 7.18. The number of nitrogens with one attached hydrogen (secondary N) is 1. The van der Waals surface area contributed by atoms with Crippen molar-refractivity contribution in [2.45, 2.75) is 64.3 Å². The minimum atomic E-state index is -1.82. The molecule has 1 saturated heterocycles. The molecule has 2 aromatic rings. The van der Waals surface area contributed by atoms with Crippen molar-refractivity contribution in [1.82, 2.24) is 9.88 Å². The largest absolute Gasteiger partial charge is 0.493 e. The summed E-state index contributed by atoms with van der Waals surface area (Å²) in [6.07, 6.45) is 13.5. The average Bonchev–Trinajstić information content (AvgIpc) is 2.90. The van der Waals surface area contributed by atoms with E-state index in [0.29, 0.717) is 5.92 Å². The number of carbonyl (C=O) groups is 2. The van der Waals surface area contributed by atoms with Gasteiger partial charge in [-0.1, -0.05) is 56.4 Å². The number of aryl methyl sites for hydroxylation is 1. The molecular weight excluding hydrogens is 460 g/mol. The van der Waals surface area contributed by atoms with Crippen LogP contribution in [0.2, 0.25) is 0 Å². The van der Waals surface area contributed by atoms with Gasteiger partial charge in [-0.2, -0.15) is 0 Å². The van der Waals surface area contributed by atoms with E-state index in [0.717, 1.165) is 62.7 Å². The maximum atomic E-state index is 11.9. The number of pyridine rings is 1. The monoisotopic (exact) mass is 498 g/mol. The van der Waals surface area contributed by atoms with Gasteiger partial charge in [0.25, 0.3) is 5.56 Å². The summed E-state index contributed by atoms with van der Waals surface area (Å²) >= 11 is 0. The highest BCUT2D eigenvalue weighted by molar-refractivity contribution is 6.27. The van der Waals surface area contributed by atoms with Crippen molar-refractivity contribution in [2.24, 2.45) is 11.8 Å². The van der Waals surface area contributed by atoms with Crippen LogP contribution in [0.3, 0.4) is 0 Å². The number of hydrogen-bond donors (Lipinski definition) is 3. The lowest BCUT2D eigenvalue weighted by Gasteiger charge is -2.31. The summed E-state index contributed by atoms with van der Waals surface area (Å²) in [6, 6.07) is 12.5. The van der Waals surface area contributed by atoms with E-state index in [1.807, 2.05) is 12.1 Å². The second-order valence-corrected chi connectivity index (χ2v) is 9.82. The molecule has 0 radical (unpaired) electrons. The number of rotatable bonds is 8. The van der Waals surface area contributed by atoms with Gasteiger partial charge in [0, 0.05) is 18.3 Å². The van der Waals surface area contributed by atoms with Gasteiger partial charge in [-0.15, -0.1) is 0 Å². The topological polar surface area (TPSA) is 120 Å². The van der Waals surface area contributed by atoms with Gasteiger partial charge < -0.3 is 19.9 Å². The summed E-state index contributed by atoms with van der Waals surface area (Å²) in [4.78, 5) is 35.3. The van der Waals surface area contributed by atoms with E-state index in [1.54, 1.807) is 6.20 Å². The summed E-state index contributed by atoms with van der Waals surface area (Å²) in [5, 5.41) is 14.8. The fourth-order valence-corrected chi connectivity index (χ4v) is 5.03. The predicted octanol–water partition coefficient (Wildman–Crippen LogP) is 4.33. The Balaban J connectivity index is 0.000000538. The van der Waals surface area contributed by atoms with E-state index in [2.05, 4.69) is 34.1 Å². The Bertz CT molecular complexity index is 1010. The number of hydrogen-bond acceptors (Lipinski definition) is 5. The number of H-pyrrole nitrogens is 1. The second kappa shape index (κ2) is 14.4. The molecule has 1 aliphatic carbocycles. The Labute approximate surface area is 212 Å². The van der Waals surface area contributed by atoms with Crippen LogP contribution in [0.1, 0.15) is 62.5 Å². The number of piperidine rings is 1. The second-order valence-electron chi connectivity index (χ2n) is 9.82. The zero-order chi connectivity index (χ0) is 25.8. The number of carboxylic acids is 2. The number of benzene rings is 1. The summed E-state index contributed by atoms with van der Waals surface area (Å²) in [5.41, 5.74) is 2.27. The maximum absolute atomic E-state index is 11.9. The first kappa shape index (κ1) is 27.5. The molecule has 0 bridgehead atoms. The lowest BCUT2D eigenvalue weighted by Crippen LogP contribution is -2.36. The SMILES string of the molecule is O=C(O)C(=O)O.O=c1[nH]cccc1CN1CCC(COc2ccccc2CCC2CCCCC2)CC1. The molecule has 196 valence electrons. The van der Waals surface area contributed by atoms with E-state index in [1.165, 1.54) is 44.1 Å². The average molecular weight is 499 g/mol. The van der Waals surface area contributed by atoms with Crippen LogP contribution in [-0.2, 0) is 22.6 Å². The highest BCUT2D eigenvalue weighted by atomic mass is 16.5. The highest BCUT2D eigenvalue weighted by Gasteiger charge is 2.21. The van der Waals surface area contributed by atoms with Crippen molar-refractivity contribution in [1.29, 1.82) is 0 Å². The molecule has 3 N–H and O–H groups in total. The number of para-hydroxylation sites is 1. The molecule has 8 nitrogen and oxygen atoms in total. The van der Waals surface area contributed by atoms with E-state index < -0.39 is 11.9 Å². The lowest BCUT2D eigenvalue weighted by atomic mass is 9.85. The van der Waals surface area contributed by atoms with Crippen molar-refractivity contribution in [2.75, 3.05) is 19.7 Å². The Morgan fingerprint density at radius 1 is 0.889 bits per heavy atom. The van der Waals surface area contributed by atoms with Crippen LogP contribution in [0.4, 0.5) is 0 Å². The van der Waals surface area contributed by atoms with Crippen molar-refractivity contribution >= 4 is 11.9 Å². The van der Waals surface area contributed by atoms with E-state index in [-0.39, 0.29) is 5.56 Å². The van der Waals surface area contributed by atoms with Gasteiger partial charge in [-0.25, -0.2) is 9.59 Å². The molecule has 0 amide bonds. The minimum Gasteiger partial charge on any atom is -0.493 e. The van der Waals surface area contributed by atoms with Crippen LogP contribution in [0.15, 0.2) is 47.4 Å². The third kappa shape index (κ3) is 9.15. The van der Waals surface area contributed by atoms with Crippen LogP contribution < -0.4 is 10.3 Å². The van der Waals surface area contributed by atoms with Crippen molar-refractivity contribution in [3.63, 3.8) is 0 Å². The highest BCUT2D eigenvalue weighted by Crippen LogP contribution is 2.30. The summed E-state index contributed by atoms with van der Waals surface area (Å²) in [6.45, 7) is 3.62. The minimum absolute atomic E-state index is 0.0350. The van der Waals surface area contributed by atoms with Gasteiger partial charge in [-0.05, 0) is 68.3 Å². The summed E-state index contributed by atoms with van der Waals surface area (Å²) in [7, 11) is 0. The Kier molecular flexibility index (Phi) is 11.0. The van der Waals surface area contributed by atoms with Gasteiger partial charge >= 0.3 is 11.9 Å². The van der Waals surface area contributed by atoms with Gasteiger partial charge in [-0.3, -0.25) is 9.69 Å². The smallest absolute Gasteiger partial charge is 0.414 e. The standard InChI is InChI=1S/C26H36N2O2.C2H2O4/c29-26-24(10-6-16-27-26)19-28-17-14-22(15-18-28)20-30-25-11-5-4-9-23(25)13-12-21-7-2-1-3-8-21;3-1(4)2(5)6/h4-6,9-11,16,21-22H,1-3,7-8,12-15,17-20H2,(H,27,29);(H,3,4)(H,5,6). The van der Waals surface area contributed by atoms with Crippen LogP contribution in [0.25, 0.3) is 0 Å². The zero-order valence-electron chi connectivity index (χ0n) is 20.9. The first-order valence-corrected chi connectivity index (χ1v) is 13.0. The van der Waals surface area contributed by atoms with Crippen LogP contribution >= 0.6 is 0 Å². The molecule has 2 heterocycles. The van der Waals surface area contributed by atoms with Gasteiger partial charge in [0.05, 0.1) is 6.61 Å². The number of likely N-dealkylation sites (tertiary alicyclic amines) is 1. The van der Waals surface area contributed by atoms with Gasteiger partial charge in [0.2, 0.25) is 0 Å². The number of nitrogens with zero attached hydrogens (tertiary/aromatic N) is 1. The molecule has 0 atom stereocenters. The van der Waals surface area contributed by atoms with Crippen LogP contribution in [0, 0.1) is 11.8 Å². The molecule has 2 fully saturated rings. The van der Waals surface area contributed by atoms with E-state index >= 15 is 0 Å². The molecule has 1 aromatic heterocycles. The Hall–Kier alpha value is -3.13. The van der Waals surface area contributed by atoms with E-state index in [4.69, 9.17) is 24.5 Å². The molecule has 0 spiro atoms. The summed E-state index contributed by atoms with van der Waals surface area (Å²) in [5.74, 6) is -1.05. The fourth-order valence-electron chi connectivity index (χ4n) is 5.03. The molecule has 1 aliphatic heterocycles. The fraction of sp³-hybridized carbons (Fsp3) is 0.536. The van der Waals surface area contributed by atoms with Gasteiger partial charge in [0.1, 0.15) is 5.75 Å². The molecule has 1 saturated carbocycles. The predicted molar refractivity (Wildman–Crippen MR) is 137 cm³/mol.